The smallest absolute Gasteiger partial charge is 0.338 e. The van der Waals surface area contributed by atoms with Crippen LogP contribution in [0.15, 0.2) is 64.0 Å². The van der Waals surface area contributed by atoms with E-state index in [0.717, 1.165) is 12.0 Å². The van der Waals surface area contributed by atoms with Crippen molar-refractivity contribution in [3.63, 3.8) is 0 Å². The molecular formula is C23H25N3O5S. The summed E-state index contributed by atoms with van der Waals surface area (Å²) in [5.41, 5.74) is 1.04. The lowest BCUT2D eigenvalue weighted by molar-refractivity contribution is 0.0429. The molecule has 1 fully saturated rings. The zero-order chi connectivity index (χ0) is 22.7. The Hall–Kier alpha value is -3.04. The van der Waals surface area contributed by atoms with Gasteiger partial charge in [0.2, 0.25) is 15.8 Å². The largest absolute Gasteiger partial charge is 0.452 e. The van der Waals surface area contributed by atoms with Crippen LogP contribution in [0, 0.1) is 11.8 Å². The lowest BCUT2D eigenvalue weighted by Crippen LogP contribution is -2.42. The summed E-state index contributed by atoms with van der Waals surface area (Å²) in [4.78, 5) is 16.8. The number of piperidine rings is 1. The fourth-order valence-corrected chi connectivity index (χ4v) is 5.62. The second-order valence-corrected chi connectivity index (χ2v) is 10.2. The van der Waals surface area contributed by atoms with E-state index >= 15 is 0 Å². The van der Waals surface area contributed by atoms with Crippen LogP contribution in [0.4, 0.5) is 0 Å². The Morgan fingerprint density at radius 2 is 1.72 bits per heavy atom. The van der Waals surface area contributed by atoms with Gasteiger partial charge in [0, 0.05) is 18.7 Å². The molecule has 2 atom stereocenters. The number of esters is 1. The van der Waals surface area contributed by atoms with E-state index in [0.29, 0.717) is 30.7 Å². The highest BCUT2D eigenvalue weighted by molar-refractivity contribution is 7.89. The molecule has 0 aliphatic carbocycles. The molecule has 1 aliphatic heterocycles. The summed E-state index contributed by atoms with van der Waals surface area (Å²) in [6.45, 7) is 4.95. The third-order valence-corrected chi connectivity index (χ3v) is 7.24. The molecule has 0 spiro atoms. The number of rotatable bonds is 6. The number of ether oxygens (including phenoxy) is 1. The first kappa shape index (κ1) is 22.2. The fourth-order valence-electron chi connectivity index (χ4n) is 3.94. The van der Waals surface area contributed by atoms with Gasteiger partial charge in [0.15, 0.2) is 6.61 Å². The van der Waals surface area contributed by atoms with Crippen LogP contribution >= 0.6 is 0 Å². The van der Waals surface area contributed by atoms with Gasteiger partial charge in [-0.25, -0.2) is 13.2 Å². The number of carbonyl (C=O) groups excluding carboxylic acids is 1. The first-order valence-corrected chi connectivity index (χ1v) is 11.9. The van der Waals surface area contributed by atoms with Gasteiger partial charge in [0.25, 0.3) is 5.89 Å². The summed E-state index contributed by atoms with van der Waals surface area (Å²) in [5, 5.41) is 3.88. The number of hydrogen-bond donors (Lipinski definition) is 0. The number of hydrogen-bond acceptors (Lipinski definition) is 7. The molecule has 2 heterocycles. The Morgan fingerprint density at radius 3 is 2.38 bits per heavy atom. The minimum absolute atomic E-state index is 0.166. The Balaban J connectivity index is 1.39. The molecule has 0 saturated carbocycles. The predicted molar refractivity (Wildman–Crippen MR) is 117 cm³/mol. The third kappa shape index (κ3) is 4.89. The highest BCUT2D eigenvalue weighted by Gasteiger charge is 2.31. The molecule has 4 rings (SSSR count). The van der Waals surface area contributed by atoms with Crippen LogP contribution in [0.3, 0.4) is 0 Å². The Bertz CT molecular complexity index is 1170. The van der Waals surface area contributed by atoms with E-state index < -0.39 is 16.0 Å². The van der Waals surface area contributed by atoms with Crippen molar-refractivity contribution < 1.29 is 22.5 Å². The zero-order valence-corrected chi connectivity index (χ0v) is 18.8. The van der Waals surface area contributed by atoms with Crippen LogP contribution in [-0.4, -0.2) is 41.9 Å². The number of sulfonamides is 1. The number of benzene rings is 2. The topological polar surface area (TPSA) is 103 Å². The maximum absolute atomic E-state index is 13.0. The average molecular weight is 456 g/mol. The monoisotopic (exact) mass is 455 g/mol. The number of aromatic nitrogens is 2. The first-order valence-electron chi connectivity index (χ1n) is 10.5. The van der Waals surface area contributed by atoms with Gasteiger partial charge in [-0.3, -0.25) is 0 Å². The van der Waals surface area contributed by atoms with Gasteiger partial charge in [-0.2, -0.15) is 9.29 Å². The highest BCUT2D eigenvalue weighted by Crippen LogP contribution is 2.27. The van der Waals surface area contributed by atoms with E-state index in [4.69, 9.17) is 9.26 Å². The molecule has 2 aromatic carbocycles. The molecule has 2 unspecified atom stereocenters. The molecule has 0 amide bonds. The minimum atomic E-state index is -3.60. The zero-order valence-electron chi connectivity index (χ0n) is 18.0. The maximum atomic E-state index is 13.0. The molecule has 9 heteroatoms. The highest BCUT2D eigenvalue weighted by atomic mass is 32.2. The van der Waals surface area contributed by atoms with Crippen LogP contribution in [0.25, 0.3) is 11.4 Å². The third-order valence-electron chi connectivity index (χ3n) is 5.39. The van der Waals surface area contributed by atoms with Crippen LogP contribution in [0.1, 0.15) is 36.5 Å². The lowest BCUT2D eigenvalue weighted by atomic mass is 9.94. The van der Waals surface area contributed by atoms with Gasteiger partial charge < -0.3 is 9.26 Å². The van der Waals surface area contributed by atoms with Gasteiger partial charge in [0.05, 0.1) is 10.5 Å². The number of nitrogens with zero attached hydrogens (tertiary/aromatic N) is 3. The summed E-state index contributed by atoms with van der Waals surface area (Å²) in [7, 11) is -3.60. The van der Waals surface area contributed by atoms with Crippen molar-refractivity contribution in [2.24, 2.45) is 11.8 Å². The standard InChI is InChI=1S/C23H25N3O5S/c1-16-12-17(2)14-26(13-16)32(28,29)20-10-8-19(9-11-20)23(27)30-15-21-24-22(25-31-21)18-6-4-3-5-7-18/h3-11,16-17H,12-15H2,1-2H3. The SMILES string of the molecule is CC1CC(C)CN(S(=O)(=O)c2ccc(C(=O)OCc3nc(-c4ccccc4)no3)cc2)C1. The fraction of sp³-hybridized carbons (Fsp3) is 0.348. The predicted octanol–water partition coefficient (Wildman–Crippen LogP) is 3.76. The molecule has 0 bridgehead atoms. The van der Waals surface area contributed by atoms with Crippen molar-refractivity contribution in [3.8, 4) is 11.4 Å². The van der Waals surface area contributed by atoms with Gasteiger partial charge in [-0.15, -0.1) is 0 Å². The lowest BCUT2D eigenvalue weighted by Gasteiger charge is -2.34. The van der Waals surface area contributed by atoms with Crippen LogP contribution in [0.5, 0.6) is 0 Å². The van der Waals surface area contributed by atoms with E-state index in [1.54, 1.807) is 0 Å². The second-order valence-electron chi connectivity index (χ2n) is 8.25. The van der Waals surface area contributed by atoms with Crippen molar-refractivity contribution in [3.05, 3.63) is 66.1 Å². The second kappa shape index (κ2) is 9.22. The van der Waals surface area contributed by atoms with Crippen LogP contribution in [0.2, 0.25) is 0 Å². The Labute approximate surface area is 187 Å². The molecular weight excluding hydrogens is 430 g/mol. The van der Waals surface area contributed by atoms with Crippen molar-refractivity contribution in [1.82, 2.24) is 14.4 Å². The van der Waals surface area contributed by atoms with Crippen molar-refractivity contribution in [1.29, 1.82) is 0 Å². The molecule has 168 valence electrons. The van der Waals surface area contributed by atoms with Gasteiger partial charge in [-0.1, -0.05) is 49.3 Å². The van der Waals surface area contributed by atoms with Gasteiger partial charge in [0.1, 0.15) is 0 Å². The molecule has 1 aliphatic rings. The van der Waals surface area contributed by atoms with E-state index in [1.807, 2.05) is 30.3 Å². The van der Waals surface area contributed by atoms with Gasteiger partial charge >= 0.3 is 5.97 Å². The Morgan fingerprint density at radius 1 is 1.06 bits per heavy atom. The first-order chi connectivity index (χ1) is 15.3. The van der Waals surface area contributed by atoms with Crippen molar-refractivity contribution in [2.45, 2.75) is 31.8 Å². The minimum Gasteiger partial charge on any atom is -0.452 e. The normalized spacial score (nSPS) is 19.6. The molecule has 0 radical (unpaired) electrons. The van der Waals surface area contributed by atoms with Crippen LogP contribution < -0.4 is 0 Å². The van der Waals surface area contributed by atoms with E-state index in [-0.39, 0.29) is 23.0 Å². The summed E-state index contributed by atoms with van der Waals surface area (Å²) in [6.07, 6.45) is 1.02. The van der Waals surface area contributed by atoms with E-state index in [2.05, 4.69) is 24.0 Å². The average Bonchev–Trinajstić information content (AvgIpc) is 3.27. The van der Waals surface area contributed by atoms with E-state index in [9.17, 15) is 13.2 Å². The summed E-state index contributed by atoms with van der Waals surface area (Å²) < 4.78 is 37.8. The van der Waals surface area contributed by atoms with E-state index in [1.165, 1.54) is 28.6 Å². The quantitative estimate of drug-likeness (QED) is 0.521. The summed E-state index contributed by atoms with van der Waals surface area (Å²) >= 11 is 0. The van der Waals surface area contributed by atoms with Crippen molar-refractivity contribution >= 4 is 16.0 Å². The van der Waals surface area contributed by atoms with Gasteiger partial charge in [-0.05, 0) is 42.5 Å². The number of carbonyl (C=O) groups is 1. The molecule has 8 nitrogen and oxygen atoms in total. The summed E-state index contributed by atoms with van der Waals surface area (Å²) in [5.74, 6) is 0.607. The molecule has 1 aromatic heterocycles. The maximum Gasteiger partial charge on any atom is 0.338 e. The summed E-state index contributed by atoms with van der Waals surface area (Å²) in [6, 6.07) is 15.1. The molecule has 0 N–H and O–H groups in total. The van der Waals surface area contributed by atoms with Crippen molar-refractivity contribution in [2.75, 3.05) is 13.1 Å². The molecule has 3 aromatic rings. The molecule has 1 saturated heterocycles. The molecule has 32 heavy (non-hydrogen) atoms. The van der Waals surface area contributed by atoms with Crippen LogP contribution in [-0.2, 0) is 21.4 Å². The Kier molecular flexibility index (Phi) is 6.38.